The molecule has 1 aromatic heterocycles. The van der Waals surface area contributed by atoms with Gasteiger partial charge in [0.2, 0.25) is 5.78 Å². The van der Waals surface area contributed by atoms with Gasteiger partial charge in [-0.05, 0) is 30.3 Å². The molecule has 0 saturated carbocycles. The van der Waals surface area contributed by atoms with E-state index in [-0.39, 0.29) is 42.5 Å². The van der Waals surface area contributed by atoms with Crippen molar-refractivity contribution in [2.24, 2.45) is 0 Å². The average molecular weight is 437 g/mol. The van der Waals surface area contributed by atoms with Crippen LogP contribution in [-0.2, 0) is 20.9 Å². The molecule has 0 fully saturated rings. The van der Waals surface area contributed by atoms with E-state index in [0.717, 1.165) is 18.0 Å². The first-order chi connectivity index (χ1) is 15.3. The molecule has 10 nitrogen and oxygen atoms in total. The first-order valence-corrected chi connectivity index (χ1v) is 9.72. The number of ether oxygens (including phenoxy) is 2. The van der Waals surface area contributed by atoms with Gasteiger partial charge in [-0.25, -0.2) is 9.78 Å². The lowest BCUT2D eigenvalue weighted by Gasteiger charge is -2.25. The molecule has 2 aliphatic heterocycles. The van der Waals surface area contributed by atoms with E-state index in [1.807, 2.05) is 24.3 Å². The number of fused-ring (bicyclic) bond motifs is 5. The number of rotatable bonds is 9. The highest BCUT2D eigenvalue weighted by atomic mass is 16.7. The van der Waals surface area contributed by atoms with E-state index in [1.165, 1.54) is 18.2 Å². The molecule has 0 radical (unpaired) electrons. The van der Waals surface area contributed by atoms with Crippen molar-refractivity contribution >= 4 is 34.4 Å². The molecule has 3 aromatic rings. The predicted octanol–water partition coefficient (Wildman–Crippen LogP) is 1.22. The highest BCUT2D eigenvalue weighted by Crippen LogP contribution is 2.35. The molecule has 0 aliphatic carbocycles. The van der Waals surface area contributed by atoms with Gasteiger partial charge in [0.1, 0.15) is 11.5 Å². The fourth-order valence-electron chi connectivity index (χ4n) is 3.40. The molecule has 32 heavy (non-hydrogen) atoms. The van der Waals surface area contributed by atoms with Crippen LogP contribution in [0.1, 0.15) is 17.3 Å². The summed E-state index contributed by atoms with van der Waals surface area (Å²) in [5, 5.41) is 12.2. The molecular weight excluding hydrogens is 418 g/mol. The van der Waals surface area contributed by atoms with Gasteiger partial charge in [-0.3, -0.25) is 14.4 Å². The van der Waals surface area contributed by atoms with Crippen molar-refractivity contribution < 1.29 is 33.8 Å². The van der Waals surface area contributed by atoms with Crippen molar-refractivity contribution in [2.45, 2.75) is 19.3 Å². The van der Waals surface area contributed by atoms with E-state index in [0.29, 0.717) is 0 Å². The van der Waals surface area contributed by atoms with Crippen molar-refractivity contribution in [3.63, 3.8) is 0 Å². The maximum Gasteiger partial charge on any atom is 0.413 e. The molecule has 3 heterocycles. The summed E-state index contributed by atoms with van der Waals surface area (Å²) >= 11 is 0. The number of carboxylic acid groups (broad SMARTS) is 1. The lowest BCUT2D eigenvalue weighted by molar-refractivity contribution is -0.187. The van der Waals surface area contributed by atoms with Crippen LogP contribution >= 0.6 is 0 Å². The summed E-state index contributed by atoms with van der Waals surface area (Å²) in [6.07, 6.45) is 1.59. The smallest absolute Gasteiger partial charge is 0.413 e. The standard InChI is InChI=1S/C22H19N3O7/c1-13(26)22(21(29)30)31-15-6-7-20(32-22)16(8-15)19(28)10-23-9-14(27)11-25-12-24-17-4-2-3-5-18(17)25/h2-8,12,23H,9-11H2,1H3,(H,29,30). The number of carbonyl (C=O) groups excluding carboxylic acids is 3. The number of ketones is 3. The SMILES string of the molecule is CC(=O)C1(C(=O)O)Oc2ccc(c(C(=O)CNCC(=O)Cn3cnc4ccccc43)c2)O1. The topological polar surface area (TPSA) is 137 Å². The Hall–Kier alpha value is -4.05. The Bertz CT molecular complexity index is 1230. The molecule has 164 valence electrons. The summed E-state index contributed by atoms with van der Waals surface area (Å²) in [4.78, 5) is 52.8. The molecule has 1 unspecified atom stereocenters. The third kappa shape index (κ3) is 3.83. The van der Waals surface area contributed by atoms with Gasteiger partial charge in [0.15, 0.2) is 11.6 Å². The second-order valence-corrected chi connectivity index (χ2v) is 7.27. The van der Waals surface area contributed by atoms with Gasteiger partial charge in [-0.1, -0.05) is 12.1 Å². The predicted molar refractivity (Wildman–Crippen MR) is 111 cm³/mol. The summed E-state index contributed by atoms with van der Waals surface area (Å²) in [5.41, 5.74) is 1.67. The Morgan fingerprint density at radius 1 is 1.09 bits per heavy atom. The van der Waals surface area contributed by atoms with E-state index in [2.05, 4.69) is 10.3 Å². The summed E-state index contributed by atoms with van der Waals surface area (Å²) < 4.78 is 12.3. The molecule has 10 heteroatoms. The maximum absolute atomic E-state index is 12.7. The van der Waals surface area contributed by atoms with Gasteiger partial charge in [0.25, 0.3) is 0 Å². The van der Waals surface area contributed by atoms with Crippen molar-refractivity contribution in [3.8, 4) is 11.5 Å². The van der Waals surface area contributed by atoms with E-state index in [9.17, 15) is 24.3 Å². The normalized spacial score (nSPS) is 16.8. The Morgan fingerprint density at radius 3 is 2.62 bits per heavy atom. The number of nitrogens with one attached hydrogen (secondary N) is 1. The number of nitrogens with zero attached hydrogens (tertiary/aromatic N) is 2. The van der Waals surface area contributed by atoms with Gasteiger partial charge in [0.05, 0.1) is 42.6 Å². The van der Waals surface area contributed by atoms with Crippen LogP contribution in [0.2, 0.25) is 0 Å². The summed E-state index contributed by atoms with van der Waals surface area (Å²) in [7, 11) is 0. The summed E-state index contributed by atoms with van der Waals surface area (Å²) in [6, 6.07) is 11.5. The highest BCUT2D eigenvalue weighted by Gasteiger charge is 2.52. The Morgan fingerprint density at radius 2 is 1.88 bits per heavy atom. The molecule has 2 aromatic carbocycles. The summed E-state index contributed by atoms with van der Waals surface area (Å²) in [6.45, 7) is 0.866. The minimum absolute atomic E-state index is 0.00950. The van der Waals surface area contributed by atoms with Crippen molar-refractivity contribution in [1.82, 2.24) is 14.9 Å². The van der Waals surface area contributed by atoms with Gasteiger partial charge in [0, 0.05) is 6.92 Å². The van der Waals surface area contributed by atoms with E-state index < -0.39 is 23.3 Å². The molecule has 2 N–H and O–H groups in total. The number of Topliss-reactive ketones (excluding diaryl/α,β-unsaturated/α-hetero) is 3. The molecule has 1 atom stereocenters. The maximum atomic E-state index is 12.7. The van der Waals surface area contributed by atoms with Crippen LogP contribution in [0.4, 0.5) is 0 Å². The number of imidazole rings is 1. The number of aliphatic carboxylic acids is 1. The number of hydrogen-bond acceptors (Lipinski definition) is 8. The van der Waals surface area contributed by atoms with E-state index >= 15 is 0 Å². The van der Waals surface area contributed by atoms with E-state index in [1.54, 1.807) is 10.9 Å². The van der Waals surface area contributed by atoms with Crippen LogP contribution < -0.4 is 14.8 Å². The number of para-hydroxylation sites is 2. The molecule has 2 bridgehead atoms. The lowest BCUT2D eigenvalue weighted by atomic mass is 10.1. The van der Waals surface area contributed by atoms with Crippen LogP contribution in [0.3, 0.4) is 0 Å². The third-order valence-corrected chi connectivity index (χ3v) is 4.99. The zero-order valence-electron chi connectivity index (χ0n) is 17.0. The monoisotopic (exact) mass is 437 g/mol. The zero-order valence-corrected chi connectivity index (χ0v) is 17.0. The van der Waals surface area contributed by atoms with Crippen molar-refractivity contribution in [2.75, 3.05) is 13.1 Å². The number of aromatic nitrogens is 2. The second kappa shape index (κ2) is 8.23. The third-order valence-electron chi connectivity index (χ3n) is 4.99. The van der Waals surface area contributed by atoms with Gasteiger partial charge >= 0.3 is 11.8 Å². The molecule has 5 rings (SSSR count). The number of hydrogen-bond donors (Lipinski definition) is 2. The molecule has 0 amide bonds. The zero-order chi connectivity index (χ0) is 22.9. The van der Waals surface area contributed by atoms with Crippen LogP contribution in [-0.4, -0.2) is 56.9 Å². The number of carbonyl (C=O) groups is 4. The van der Waals surface area contributed by atoms with Gasteiger partial charge < -0.3 is 24.5 Å². The van der Waals surface area contributed by atoms with Gasteiger partial charge in [-0.15, -0.1) is 0 Å². The summed E-state index contributed by atoms with van der Waals surface area (Å²) in [5.74, 6) is -5.73. The Balaban J connectivity index is 1.39. The Labute approximate surface area is 181 Å². The van der Waals surface area contributed by atoms with Crippen LogP contribution in [0.25, 0.3) is 11.0 Å². The highest BCUT2D eigenvalue weighted by molar-refractivity contribution is 6.06. The van der Waals surface area contributed by atoms with Gasteiger partial charge in [-0.2, -0.15) is 0 Å². The fourth-order valence-corrected chi connectivity index (χ4v) is 3.40. The Kier molecular flexibility index (Phi) is 5.45. The number of benzene rings is 2. The minimum Gasteiger partial charge on any atom is -0.475 e. The largest absolute Gasteiger partial charge is 0.475 e. The molecule has 0 saturated heterocycles. The van der Waals surface area contributed by atoms with E-state index in [4.69, 9.17) is 9.47 Å². The van der Waals surface area contributed by atoms with Crippen molar-refractivity contribution in [3.05, 3.63) is 54.4 Å². The minimum atomic E-state index is -2.55. The van der Waals surface area contributed by atoms with Crippen LogP contribution in [0.15, 0.2) is 48.8 Å². The number of carboxylic acids is 1. The van der Waals surface area contributed by atoms with Crippen molar-refractivity contribution in [1.29, 1.82) is 0 Å². The molecular formula is C22H19N3O7. The quantitative estimate of drug-likeness (QED) is 0.374. The fraction of sp³-hybridized carbons (Fsp3) is 0.227. The average Bonchev–Trinajstić information content (AvgIpc) is 2.95. The molecule has 0 spiro atoms. The van der Waals surface area contributed by atoms with Crippen LogP contribution in [0, 0.1) is 0 Å². The lowest BCUT2D eigenvalue weighted by Crippen LogP contribution is -2.55. The van der Waals surface area contributed by atoms with Crippen LogP contribution in [0.5, 0.6) is 11.5 Å². The molecule has 2 aliphatic rings. The second-order valence-electron chi connectivity index (χ2n) is 7.27. The first-order valence-electron chi connectivity index (χ1n) is 9.72. The first kappa shape index (κ1) is 21.2.